The second-order valence-electron chi connectivity index (χ2n) is 6.72. The lowest BCUT2D eigenvalue weighted by molar-refractivity contribution is 0.0938. The molecule has 1 fully saturated rings. The van der Waals surface area contributed by atoms with Crippen LogP contribution in [-0.4, -0.2) is 45.9 Å². The Bertz CT molecular complexity index is 926. The van der Waals surface area contributed by atoms with Crippen molar-refractivity contribution in [3.8, 4) is 0 Å². The van der Waals surface area contributed by atoms with E-state index in [2.05, 4.69) is 14.9 Å². The number of halogens is 1. The van der Waals surface area contributed by atoms with Gasteiger partial charge in [-0.2, -0.15) is 0 Å². The lowest BCUT2D eigenvalue weighted by Crippen LogP contribution is -2.37. The first kappa shape index (κ1) is 20.8. The zero-order valence-electron chi connectivity index (χ0n) is 15.7. The van der Waals surface area contributed by atoms with Gasteiger partial charge in [-0.25, -0.2) is 13.1 Å². The molecule has 2 aromatic carbocycles. The predicted molar refractivity (Wildman–Crippen MR) is 110 cm³/mol. The van der Waals surface area contributed by atoms with E-state index in [1.54, 1.807) is 0 Å². The Hall–Kier alpha value is -1.93. The van der Waals surface area contributed by atoms with Crippen LogP contribution in [0.5, 0.6) is 0 Å². The maximum atomic E-state index is 12.6. The Morgan fingerprint density at radius 3 is 2.36 bits per heavy atom. The maximum absolute atomic E-state index is 12.6. The summed E-state index contributed by atoms with van der Waals surface area (Å²) in [6.07, 6.45) is 2.27. The van der Waals surface area contributed by atoms with E-state index in [0.717, 1.165) is 31.5 Å². The maximum Gasteiger partial charge on any atom is 0.251 e. The molecule has 28 heavy (non-hydrogen) atoms. The van der Waals surface area contributed by atoms with Gasteiger partial charge in [0.25, 0.3) is 5.91 Å². The van der Waals surface area contributed by atoms with E-state index in [-0.39, 0.29) is 16.8 Å². The highest BCUT2D eigenvalue weighted by Crippen LogP contribution is 2.29. The summed E-state index contributed by atoms with van der Waals surface area (Å²) in [7, 11) is -2.17. The largest absolute Gasteiger partial charge is 0.350 e. The van der Waals surface area contributed by atoms with Gasteiger partial charge in [-0.1, -0.05) is 29.8 Å². The van der Waals surface area contributed by atoms with Gasteiger partial charge in [0.05, 0.1) is 10.9 Å². The Balaban J connectivity index is 1.72. The fourth-order valence-corrected chi connectivity index (χ4v) is 4.42. The van der Waals surface area contributed by atoms with Crippen molar-refractivity contribution in [3.05, 3.63) is 64.7 Å². The molecular weight excluding hydrogens is 398 g/mol. The first-order valence-electron chi connectivity index (χ1n) is 9.22. The van der Waals surface area contributed by atoms with Crippen molar-refractivity contribution < 1.29 is 13.2 Å². The first-order valence-corrected chi connectivity index (χ1v) is 11.1. The van der Waals surface area contributed by atoms with Gasteiger partial charge in [-0.3, -0.25) is 9.69 Å². The molecule has 0 saturated carbocycles. The van der Waals surface area contributed by atoms with Gasteiger partial charge in [-0.15, -0.1) is 0 Å². The van der Waals surface area contributed by atoms with Crippen molar-refractivity contribution >= 4 is 27.5 Å². The van der Waals surface area contributed by atoms with E-state index in [9.17, 15) is 13.2 Å². The van der Waals surface area contributed by atoms with Crippen LogP contribution in [0.2, 0.25) is 5.02 Å². The third-order valence-corrected chi connectivity index (χ3v) is 6.77. The molecule has 1 saturated heterocycles. The minimum atomic E-state index is -3.52. The number of nitrogens with zero attached hydrogens (tertiary/aromatic N) is 1. The normalized spacial score (nSPS) is 16.1. The second-order valence-corrected chi connectivity index (χ2v) is 9.02. The monoisotopic (exact) mass is 421 g/mol. The van der Waals surface area contributed by atoms with E-state index in [1.165, 1.54) is 31.3 Å². The fourth-order valence-electron chi connectivity index (χ4n) is 3.43. The summed E-state index contributed by atoms with van der Waals surface area (Å²) in [5.41, 5.74) is 1.41. The molecule has 8 heteroatoms. The molecule has 2 aromatic rings. The van der Waals surface area contributed by atoms with Crippen molar-refractivity contribution in [2.75, 3.05) is 26.7 Å². The molecule has 0 bridgehead atoms. The molecule has 1 heterocycles. The molecule has 150 valence electrons. The Morgan fingerprint density at radius 2 is 1.75 bits per heavy atom. The van der Waals surface area contributed by atoms with Crippen LogP contribution >= 0.6 is 11.6 Å². The summed E-state index contributed by atoms with van der Waals surface area (Å²) in [4.78, 5) is 15.0. The molecule has 1 aliphatic heterocycles. The third kappa shape index (κ3) is 4.72. The molecule has 0 aliphatic carbocycles. The summed E-state index contributed by atoms with van der Waals surface area (Å²) in [5.74, 6) is -0.246. The second kappa shape index (κ2) is 9.05. The molecule has 2 N–H and O–H groups in total. The van der Waals surface area contributed by atoms with Crippen LogP contribution in [-0.2, 0) is 10.0 Å². The van der Waals surface area contributed by atoms with Crippen LogP contribution < -0.4 is 10.0 Å². The molecule has 0 spiro atoms. The predicted octanol–water partition coefficient (Wildman–Crippen LogP) is 2.82. The number of benzene rings is 2. The fraction of sp³-hybridized carbons (Fsp3) is 0.350. The topological polar surface area (TPSA) is 78.5 Å². The number of likely N-dealkylation sites (tertiary alicyclic amines) is 1. The molecule has 1 aliphatic rings. The Labute approximate surface area is 170 Å². The number of hydrogen-bond acceptors (Lipinski definition) is 4. The van der Waals surface area contributed by atoms with Crippen molar-refractivity contribution in [2.45, 2.75) is 23.8 Å². The van der Waals surface area contributed by atoms with Crippen LogP contribution in [0.3, 0.4) is 0 Å². The summed E-state index contributed by atoms with van der Waals surface area (Å²) in [6, 6.07) is 13.6. The molecule has 3 rings (SSSR count). The first-order chi connectivity index (χ1) is 13.4. The number of hydrogen-bond donors (Lipinski definition) is 2. The number of sulfonamides is 1. The molecule has 1 unspecified atom stereocenters. The van der Waals surface area contributed by atoms with E-state index < -0.39 is 10.0 Å². The van der Waals surface area contributed by atoms with Gasteiger partial charge >= 0.3 is 0 Å². The molecule has 0 radical (unpaired) electrons. The molecular formula is C20H24ClN3O3S. The van der Waals surface area contributed by atoms with E-state index >= 15 is 0 Å². The van der Waals surface area contributed by atoms with Crippen molar-refractivity contribution in [1.29, 1.82) is 0 Å². The quantitative estimate of drug-likeness (QED) is 0.720. The highest BCUT2D eigenvalue weighted by atomic mass is 35.5. The average Bonchev–Trinajstić information content (AvgIpc) is 3.24. The van der Waals surface area contributed by atoms with Gasteiger partial charge in [-0.05, 0) is 68.9 Å². The van der Waals surface area contributed by atoms with Gasteiger partial charge in [0, 0.05) is 17.1 Å². The van der Waals surface area contributed by atoms with Crippen molar-refractivity contribution in [2.24, 2.45) is 0 Å². The summed E-state index contributed by atoms with van der Waals surface area (Å²) < 4.78 is 25.9. The standard InChI is InChI=1S/C20H24ClN3O3S/c1-22-28(26,27)16-10-8-15(9-11-16)20(25)23-14-19(24-12-4-5-13-24)17-6-2-3-7-18(17)21/h2-3,6-11,19,22H,4-5,12-14H2,1H3,(H,23,25). The summed E-state index contributed by atoms with van der Waals surface area (Å²) in [5, 5.41) is 3.66. The van der Waals surface area contributed by atoms with Crippen LogP contribution in [0.25, 0.3) is 0 Å². The average molecular weight is 422 g/mol. The van der Waals surface area contributed by atoms with Gasteiger partial charge in [0.15, 0.2) is 0 Å². The van der Waals surface area contributed by atoms with Gasteiger partial charge in [0.1, 0.15) is 0 Å². The number of amides is 1. The minimum absolute atomic E-state index is 0.00379. The van der Waals surface area contributed by atoms with Crippen LogP contribution in [0.15, 0.2) is 53.4 Å². The zero-order valence-corrected chi connectivity index (χ0v) is 17.3. The van der Waals surface area contributed by atoms with Crippen LogP contribution in [0.4, 0.5) is 0 Å². The van der Waals surface area contributed by atoms with E-state index in [0.29, 0.717) is 17.1 Å². The zero-order chi connectivity index (χ0) is 20.1. The van der Waals surface area contributed by atoms with E-state index in [4.69, 9.17) is 11.6 Å². The molecule has 6 nitrogen and oxygen atoms in total. The SMILES string of the molecule is CNS(=O)(=O)c1ccc(C(=O)NCC(c2ccccc2Cl)N2CCCC2)cc1. The number of carbonyl (C=O) groups is 1. The highest BCUT2D eigenvalue weighted by Gasteiger charge is 2.25. The Kier molecular flexibility index (Phi) is 6.72. The summed E-state index contributed by atoms with van der Waals surface area (Å²) >= 11 is 6.40. The van der Waals surface area contributed by atoms with Crippen molar-refractivity contribution in [1.82, 2.24) is 14.9 Å². The van der Waals surface area contributed by atoms with E-state index in [1.807, 2.05) is 24.3 Å². The smallest absolute Gasteiger partial charge is 0.251 e. The highest BCUT2D eigenvalue weighted by molar-refractivity contribution is 7.89. The van der Waals surface area contributed by atoms with Gasteiger partial charge < -0.3 is 5.32 Å². The van der Waals surface area contributed by atoms with Crippen LogP contribution in [0, 0.1) is 0 Å². The number of rotatable bonds is 7. The third-order valence-electron chi connectivity index (χ3n) is 5.00. The number of nitrogens with one attached hydrogen (secondary N) is 2. The molecule has 1 amide bonds. The molecule has 0 aromatic heterocycles. The van der Waals surface area contributed by atoms with Crippen LogP contribution in [0.1, 0.15) is 34.8 Å². The Morgan fingerprint density at radius 1 is 1.11 bits per heavy atom. The lowest BCUT2D eigenvalue weighted by atomic mass is 10.0. The lowest BCUT2D eigenvalue weighted by Gasteiger charge is -2.29. The summed E-state index contributed by atoms with van der Waals surface area (Å²) in [6.45, 7) is 2.38. The van der Waals surface area contributed by atoms with Gasteiger partial charge in [0.2, 0.25) is 10.0 Å². The molecule has 1 atom stereocenters. The minimum Gasteiger partial charge on any atom is -0.350 e. The van der Waals surface area contributed by atoms with Crippen molar-refractivity contribution in [3.63, 3.8) is 0 Å². The number of carbonyl (C=O) groups excluding carboxylic acids is 1.